The van der Waals surface area contributed by atoms with Crippen LogP contribution in [0.1, 0.15) is 18.1 Å². The third-order valence-corrected chi connectivity index (χ3v) is 4.98. The number of piperazine rings is 1. The summed E-state index contributed by atoms with van der Waals surface area (Å²) in [4.78, 5) is 17.2. The molecule has 132 valence electrons. The predicted molar refractivity (Wildman–Crippen MR) is 104 cm³/mol. The second-order valence-corrected chi connectivity index (χ2v) is 6.84. The lowest BCUT2D eigenvalue weighted by Gasteiger charge is -2.39. The van der Waals surface area contributed by atoms with E-state index in [0.29, 0.717) is 0 Å². The van der Waals surface area contributed by atoms with Crippen molar-refractivity contribution in [3.05, 3.63) is 59.7 Å². The van der Waals surface area contributed by atoms with Gasteiger partial charge in [-0.1, -0.05) is 30.3 Å². The second-order valence-electron chi connectivity index (χ2n) is 6.84. The van der Waals surface area contributed by atoms with Gasteiger partial charge in [-0.05, 0) is 50.1 Å². The largest absolute Gasteiger partial charge is 0.369 e. The van der Waals surface area contributed by atoms with E-state index in [1.165, 1.54) is 11.3 Å². The van der Waals surface area contributed by atoms with E-state index < -0.39 is 0 Å². The van der Waals surface area contributed by atoms with Crippen molar-refractivity contribution in [3.8, 4) is 0 Å². The molecule has 0 bridgehead atoms. The Morgan fingerprint density at radius 3 is 2.40 bits per heavy atom. The number of para-hydroxylation sites is 1. The lowest BCUT2D eigenvalue weighted by atomic mass is 10.1. The van der Waals surface area contributed by atoms with Crippen LogP contribution in [0.3, 0.4) is 0 Å². The van der Waals surface area contributed by atoms with Crippen LogP contribution >= 0.6 is 0 Å². The number of hydrogen-bond acceptors (Lipinski definition) is 3. The fourth-order valence-electron chi connectivity index (χ4n) is 3.40. The number of benzene rings is 2. The molecular formula is C21H27N3O. The summed E-state index contributed by atoms with van der Waals surface area (Å²) in [5.74, 6) is 0.0648. The van der Waals surface area contributed by atoms with Gasteiger partial charge in [0.2, 0.25) is 5.91 Å². The van der Waals surface area contributed by atoms with Crippen LogP contribution in [0.15, 0.2) is 48.5 Å². The van der Waals surface area contributed by atoms with Crippen LogP contribution in [0.2, 0.25) is 0 Å². The predicted octanol–water partition coefficient (Wildman–Crippen LogP) is 3.45. The molecule has 4 heteroatoms. The molecule has 1 amide bonds. The number of carbonyl (C=O) groups is 1. The summed E-state index contributed by atoms with van der Waals surface area (Å²) in [6, 6.07) is 16.3. The van der Waals surface area contributed by atoms with Crippen LogP contribution < -0.4 is 10.2 Å². The molecule has 1 N–H and O–H groups in total. The average Bonchev–Trinajstić information content (AvgIpc) is 2.62. The number of rotatable bonds is 4. The molecule has 1 unspecified atom stereocenters. The van der Waals surface area contributed by atoms with Crippen LogP contribution in [0.5, 0.6) is 0 Å². The van der Waals surface area contributed by atoms with Crippen molar-refractivity contribution in [2.24, 2.45) is 0 Å². The maximum absolute atomic E-state index is 12.6. The minimum Gasteiger partial charge on any atom is -0.369 e. The van der Waals surface area contributed by atoms with Crippen molar-refractivity contribution >= 4 is 17.3 Å². The SMILES string of the molecule is Cc1cccc(NC(=O)C(C)N2CCN(c3ccccc3C)CC2)c1. The Kier molecular flexibility index (Phi) is 5.39. The van der Waals surface area contributed by atoms with E-state index in [4.69, 9.17) is 0 Å². The highest BCUT2D eigenvalue weighted by molar-refractivity contribution is 5.94. The third-order valence-electron chi connectivity index (χ3n) is 4.98. The highest BCUT2D eigenvalue weighted by Gasteiger charge is 2.26. The number of nitrogens with zero attached hydrogens (tertiary/aromatic N) is 2. The molecule has 0 saturated carbocycles. The first-order chi connectivity index (χ1) is 12.0. The maximum Gasteiger partial charge on any atom is 0.241 e. The highest BCUT2D eigenvalue weighted by atomic mass is 16.2. The lowest BCUT2D eigenvalue weighted by molar-refractivity contribution is -0.120. The second kappa shape index (κ2) is 7.70. The number of anilines is 2. The van der Waals surface area contributed by atoms with E-state index in [9.17, 15) is 4.79 Å². The molecule has 0 spiro atoms. The minimum absolute atomic E-state index is 0.0648. The van der Waals surface area contributed by atoms with Gasteiger partial charge in [-0.15, -0.1) is 0 Å². The zero-order valence-electron chi connectivity index (χ0n) is 15.3. The Morgan fingerprint density at radius 2 is 1.72 bits per heavy atom. The van der Waals surface area contributed by atoms with Gasteiger partial charge in [0.05, 0.1) is 6.04 Å². The van der Waals surface area contributed by atoms with E-state index in [1.807, 2.05) is 38.1 Å². The van der Waals surface area contributed by atoms with Gasteiger partial charge in [0.25, 0.3) is 0 Å². The Balaban J connectivity index is 1.57. The fourth-order valence-corrected chi connectivity index (χ4v) is 3.40. The van der Waals surface area contributed by atoms with Gasteiger partial charge >= 0.3 is 0 Å². The molecule has 4 nitrogen and oxygen atoms in total. The fraction of sp³-hybridized carbons (Fsp3) is 0.381. The maximum atomic E-state index is 12.6. The standard InChI is InChI=1S/C21H27N3O/c1-16-7-6-9-19(15-16)22-21(25)18(3)23-11-13-24(14-12-23)20-10-5-4-8-17(20)2/h4-10,15,18H,11-14H2,1-3H3,(H,22,25). The molecule has 0 aliphatic carbocycles. The molecule has 2 aromatic carbocycles. The Labute approximate surface area is 150 Å². The van der Waals surface area contributed by atoms with E-state index in [-0.39, 0.29) is 11.9 Å². The summed E-state index contributed by atoms with van der Waals surface area (Å²) in [6.07, 6.45) is 0. The number of nitrogens with one attached hydrogen (secondary N) is 1. The van der Waals surface area contributed by atoms with Crippen LogP contribution in [-0.2, 0) is 4.79 Å². The zero-order valence-corrected chi connectivity index (χ0v) is 15.3. The molecule has 1 aliphatic heterocycles. The molecule has 25 heavy (non-hydrogen) atoms. The highest BCUT2D eigenvalue weighted by Crippen LogP contribution is 2.21. The van der Waals surface area contributed by atoms with Gasteiger partial charge < -0.3 is 10.2 Å². The van der Waals surface area contributed by atoms with Crippen molar-refractivity contribution in [2.75, 3.05) is 36.4 Å². The quantitative estimate of drug-likeness (QED) is 0.928. The molecule has 0 aromatic heterocycles. The molecule has 0 radical (unpaired) electrons. The molecular weight excluding hydrogens is 310 g/mol. The summed E-state index contributed by atoms with van der Waals surface area (Å²) in [6.45, 7) is 9.88. The smallest absolute Gasteiger partial charge is 0.241 e. The first kappa shape index (κ1) is 17.5. The van der Waals surface area contributed by atoms with Crippen LogP contribution in [0, 0.1) is 13.8 Å². The van der Waals surface area contributed by atoms with Crippen LogP contribution in [0.25, 0.3) is 0 Å². The van der Waals surface area contributed by atoms with Crippen molar-refractivity contribution in [1.82, 2.24) is 4.90 Å². The molecule has 2 aromatic rings. The Bertz CT molecular complexity index is 735. The van der Waals surface area contributed by atoms with Crippen molar-refractivity contribution < 1.29 is 4.79 Å². The number of hydrogen-bond donors (Lipinski definition) is 1. The monoisotopic (exact) mass is 337 g/mol. The number of aryl methyl sites for hydroxylation is 2. The zero-order chi connectivity index (χ0) is 17.8. The molecule has 1 atom stereocenters. The Morgan fingerprint density at radius 1 is 1.00 bits per heavy atom. The van der Waals surface area contributed by atoms with Gasteiger partial charge in [-0.25, -0.2) is 0 Å². The lowest BCUT2D eigenvalue weighted by Crippen LogP contribution is -2.53. The van der Waals surface area contributed by atoms with Crippen LogP contribution in [0.4, 0.5) is 11.4 Å². The van der Waals surface area contributed by atoms with Crippen LogP contribution in [-0.4, -0.2) is 43.0 Å². The van der Waals surface area contributed by atoms with E-state index in [0.717, 1.165) is 37.4 Å². The van der Waals surface area contributed by atoms with Crippen molar-refractivity contribution in [3.63, 3.8) is 0 Å². The summed E-state index contributed by atoms with van der Waals surface area (Å²) < 4.78 is 0. The van der Waals surface area contributed by atoms with Crippen molar-refractivity contribution in [2.45, 2.75) is 26.8 Å². The van der Waals surface area contributed by atoms with Gasteiger partial charge in [0, 0.05) is 37.6 Å². The third kappa shape index (κ3) is 4.20. The van der Waals surface area contributed by atoms with Gasteiger partial charge in [-0.3, -0.25) is 9.69 Å². The Hall–Kier alpha value is -2.33. The van der Waals surface area contributed by atoms with Gasteiger partial charge in [0.15, 0.2) is 0 Å². The van der Waals surface area contributed by atoms with Gasteiger partial charge in [-0.2, -0.15) is 0 Å². The minimum atomic E-state index is -0.125. The summed E-state index contributed by atoms with van der Waals surface area (Å²) in [5, 5.41) is 3.04. The topological polar surface area (TPSA) is 35.6 Å². The normalized spacial score (nSPS) is 16.5. The first-order valence-electron chi connectivity index (χ1n) is 8.97. The van der Waals surface area contributed by atoms with Crippen molar-refractivity contribution in [1.29, 1.82) is 0 Å². The molecule has 3 rings (SSSR count). The molecule has 1 aliphatic rings. The number of carbonyl (C=O) groups excluding carboxylic acids is 1. The summed E-state index contributed by atoms with van der Waals surface area (Å²) >= 11 is 0. The van der Waals surface area contributed by atoms with Gasteiger partial charge in [0.1, 0.15) is 0 Å². The number of amides is 1. The first-order valence-corrected chi connectivity index (χ1v) is 8.97. The summed E-state index contributed by atoms with van der Waals surface area (Å²) in [5.41, 5.74) is 4.63. The summed E-state index contributed by atoms with van der Waals surface area (Å²) in [7, 11) is 0. The molecule has 1 fully saturated rings. The molecule has 1 saturated heterocycles. The van der Waals surface area contributed by atoms with E-state index in [2.05, 4.69) is 46.3 Å². The molecule has 1 heterocycles. The average molecular weight is 337 g/mol. The van der Waals surface area contributed by atoms with E-state index >= 15 is 0 Å². The van der Waals surface area contributed by atoms with E-state index in [1.54, 1.807) is 0 Å².